The van der Waals surface area contributed by atoms with Crippen LogP contribution in [0.2, 0.25) is 0 Å². The third-order valence-corrected chi connectivity index (χ3v) is 17.0. The SMILES string of the molecule is CCCCCCCCCCCCCCC/C=C\C/C=C\CCCCCCCCCCCCCCCCCCCC(=O)NC(COP(=O)(O)OCC[N+](C)(C)C)C(O)/C=C/CC/C=C/CCCCCCCCCCCCCCCCC. The Bertz CT molecular complexity index is 1440. The van der Waals surface area contributed by atoms with Gasteiger partial charge in [-0.3, -0.25) is 13.8 Å². The summed E-state index contributed by atoms with van der Waals surface area (Å²) in [6.45, 7) is 4.84. The minimum atomic E-state index is -4.36. The lowest BCUT2D eigenvalue weighted by atomic mass is 10.0. The monoisotopic (exact) mass is 1150 g/mol. The molecule has 0 aliphatic rings. The molecule has 0 heterocycles. The number of carbonyl (C=O) groups excluding carboxylic acids is 1. The van der Waals surface area contributed by atoms with E-state index in [1.165, 1.54) is 283 Å². The summed E-state index contributed by atoms with van der Waals surface area (Å²) in [4.78, 5) is 23.4. The maximum Gasteiger partial charge on any atom is 0.472 e. The van der Waals surface area contributed by atoms with Gasteiger partial charge in [0.2, 0.25) is 5.91 Å². The summed E-state index contributed by atoms with van der Waals surface area (Å²) in [6, 6.07) is -0.865. The number of hydrogen-bond acceptors (Lipinski definition) is 5. The topological polar surface area (TPSA) is 105 Å². The normalized spacial score (nSPS) is 13.9. The predicted molar refractivity (Wildman–Crippen MR) is 351 cm³/mol. The molecule has 0 radical (unpaired) electrons. The van der Waals surface area contributed by atoms with Crippen LogP contribution in [0, 0.1) is 0 Å². The van der Waals surface area contributed by atoms with Gasteiger partial charge in [-0.15, -0.1) is 0 Å². The Labute approximate surface area is 499 Å². The minimum absolute atomic E-state index is 0.0568. The number of phosphoric ester groups is 1. The van der Waals surface area contributed by atoms with E-state index in [0.717, 1.165) is 44.9 Å². The van der Waals surface area contributed by atoms with Gasteiger partial charge in [0, 0.05) is 6.42 Å². The van der Waals surface area contributed by atoms with Gasteiger partial charge in [-0.2, -0.15) is 0 Å². The molecule has 9 heteroatoms. The fraction of sp³-hybridized carbons (Fsp3) is 0.873. The molecule has 0 bridgehead atoms. The van der Waals surface area contributed by atoms with Gasteiger partial charge in [-0.1, -0.05) is 326 Å². The highest BCUT2D eigenvalue weighted by molar-refractivity contribution is 7.47. The molecule has 3 atom stereocenters. The zero-order valence-corrected chi connectivity index (χ0v) is 55.0. The van der Waals surface area contributed by atoms with Crippen LogP contribution in [0.25, 0.3) is 0 Å². The number of aliphatic hydroxyl groups is 1. The molecule has 0 saturated heterocycles. The molecule has 0 spiro atoms. The van der Waals surface area contributed by atoms with Crippen molar-refractivity contribution in [2.45, 2.75) is 360 Å². The quantitative estimate of drug-likeness (QED) is 0.0243. The van der Waals surface area contributed by atoms with E-state index < -0.39 is 20.0 Å². The first-order valence-electron chi connectivity index (χ1n) is 35.0. The van der Waals surface area contributed by atoms with Crippen molar-refractivity contribution < 1.29 is 32.9 Å². The predicted octanol–water partition coefficient (Wildman–Crippen LogP) is 22.2. The average molecular weight is 1150 g/mol. The number of hydrogen-bond donors (Lipinski definition) is 3. The number of unbranched alkanes of at least 4 members (excludes halogenated alkanes) is 46. The standard InChI is InChI=1S/C71H137N2O6P/c1-6-8-10-12-14-16-18-20-22-24-26-28-29-30-31-32-33-34-35-36-37-38-39-40-41-42-43-45-47-49-51-53-55-57-59-61-63-65-71(75)72-69(68-79-80(76,77)78-67-66-73(3,4)5)70(74)64-62-60-58-56-54-52-50-48-46-44-27-25-23-21-19-17-15-13-11-9-7-2/h31-32,34-35,54,56,62,64,69-70,74H,6-30,33,36-53,55,57-61,63,65-68H2,1-5H3,(H-,72,75,76,77)/p+1/b32-31-,35-34-,56-54+,64-62+. The molecule has 0 fully saturated rings. The molecule has 80 heavy (non-hydrogen) atoms. The zero-order valence-electron chi connectivity index (χ0n) is 54.1. The molecule has 0 aromatic carbocycles. The van der Waals surface area contributed by atoms with Gasteiger partial charge in [-0.05, 0) is 64.2 Å². The number of allylic oxidation sites excluding steroid dienone is 7. The van der Waals surface area contributed by atoms with E-state index >= 15 is 0 Å². The van der Waals surface area contributed by atoms with Gasteiger partial charge in [0.15, 0.2) is 0 Å². The number of quaternary nitrogens is 1. The Morgan fingerprint density at radius 3 is 1.07 bits per heavy atom. The highest BCUT2D eigenvalue weighted by atomic mass is 31.2. The fourth-order valence-electron chi connectivity index (χ4n) is 10.6. The number of rotatable bonds is 65. The van der Waals surface area contributed by atoms with Crippen molar-refractivity contribution >= 4 is 13.7 Å². The summed E-state index contributed by atoms with van der Waals surface area (Å²) in [7, 11) is 1.57. The van der Waals surface area contributed by atoms with Gasteiger partial charge >= 0.3 is 7.82 Å². The van der Waals surface area contributed by atoms with E-state index in [0.29, 0.717) is 17.4 Å². The van der Waals surface area contributed by atoms with Gasteiger partial charge in [-0.25, -0.2) is 4.57 Å². The number of nitrogens with one attached hydrogen (secondary N) is 1. The number of amides is 1. The van der Waals surface area contributed by atoms with Crippen LogP contribution >= 0.6 is 7.82 Å². The van der Waals surface area contributed by atoms with Crippen LogP contribution < -0.4 is 5.32 Å². The lowest BCUT2D eigenvalue weighted by molar-refractivity contribution is -0.870. The first-order valence-corrected chi connectivity index (χ1v) is 36.5. The van der Waals surface area contributed by atoms with E-state index in [2.05, 4.69) is 55.6 Å². The van der Waals surface area contributed by atoms with Crippen LogP contribution in [0.15, 0.2) is 48.6 Å². The smallest absolute Gasteiger partial charge is 0.387 e. The van der Waals surface area contributed by atoms with Crippen LogP contribution in [0.1, 0.15) is 348 Å². The summed E-state index contributed by atoms with van der Waals surface area (Å²) >= 11 is 0. The third kappa shape index (κ3) is 64.0. The molecule has 0 rings (SSSR count). The van der Waals surface area contributed by atoms with Crippen LogP contribution in [0.3, 0.4) is 0 Å². The van der Waals surface area contributed by atoms with E-state index in [9.17, 15) is 19.4 Å². The molecule has 472 valence electrons. The van der Waals surface area contributed by atoms with Crippen molar-refractivity contribution in [3.8, 4) is 0 Å². The maximum absolute atomic E-state index is 13.0. The molecule has 3 N–H and O–H groups in total. The molecule has 0 aromatic rings. The molecule has 0 aliphatic carbocycles. The van der Waals surface area contributed by atoms with E-state index in [1.54, 1.807) is 6.08 Å². The molecule has 3 unspecified atom stereocenters. The second-order valence-electron chi connectivity index (χ2n) is 25.3. The zero-order chi connectivity index (χ0) is 58.4. The number of carbonyl (C=O) groups is 1. The first kappa shape index (κ1) is 78.5. The van der Waals surface area contributed by atoms with E-state index in [-0.39, 0.29) is 19.1 Å². The summed E-state index contributed by atoms with van der Waals surface area (Å²) in [5, 5.41) is 14.0. The summed E-state index contributed by atoms with van der Waals surface area (Å²) in [5.41, 5.74) is 0. The van der Waals surface area contributed by atoms with Gasteiger partial charge in [0.1, 0.15) is 13.2 Å². The lowest BCUT2D eigenvalue weighted by Crippen LogP contribution is -2.45. The van der Waals surface area contributed by atoms with Gasteiger partial charge in [0.05, 0.1) is 39.9 Å². The van der Waals surface area contributed by atoms with Crippen molar-refractivity contribution in [2.24, 2.45) is 0 Å². The van der Waals surface area contributed by atoms with Crippen molar-refractivity contribution in [3.05, 3.63) is 48.6 Å². The summed E-state index contributed by atoms with van der Waals surface area (Å²) in [6.07, 6.45) is 84.1. The molecule has 0 saturated carbocycles. The average Bonchev–Trinajstić information content (AvgIpc) is 3.42. The Kier molecular flexibility index (Phi) is 60.8. The fourth-order valence-corrected chi connectivity index (χ4v) is 11.3. The van der Waals surface area contributed by atoms with Crippen LogP contribution in [0.5, 0.6) is 0 Å². The number of aliphatic hydroxyl groups excluding tert-OH is 1. The van der Waals surface area contributed by atoms with Crippen molar-refractivity contribution in [1.82, 2.24) is 5.32 Å². The highest BCUT2D eigenvalue weighted by Gasteiger charge is 2.28. The van der Waals surface area contributed by atoms with E-state index in [4.69, 9.17) is 9.05 Å². The second kappa shape index (κ2) is 62.0. The van der Waals surface area contributed by atoms with Crippen molar-refractivity contribution in [3.63, 3.8) is 0 Å². The lowest BCUT2D eigenvalue weighted by Gasteiger charge is -2.25. The van der Waals surface area contributed by atoms with Crippen LogP contribution in [0.4, 0.5) is 0 Å². The Morgan fingerprint density at radius 2 is 0.725 bits per heavy atom. The molecular weight excluding hydrogens is 1010 g/mol. The number of phosphoric acid groups is 1. The summed E-state index contributed by atoms with van der Waals surface area (Å²) in [5.74, 6) is -0.182. The third-order valence-electron chi connectivity index (χ3n) is 16.0. The molecule has 0 aromatic heterocycles. The highest BCUT2D eigenvalue weighted by Crippen LogP contribution is 2.43. The van der Waals surface area contributed by atoms with Gasteiger partial charge < -0.3 is 19.8 Å². The van der Waals surface area contributed by atoms with Crippen LogP contribution in [-0.4, -0.2) is 73.4 Å². The largest absolute Gasteiger partial charge is 0.472 e. The Hall–Kier alpha value is -1.54. The Balaban J connectivity index is 4.02. The van der Waals surface area contributed by atoms with E-state index in [1.807, 2.05) is 27.2 Å². The Morgan fingerprint density at radius 1 is 0.425 bits per heavy atom. The molecule has 8 nitrogen and oxygen atoms in total. The first-order chi connectivity index (χ1) is 39.0. The second-order valence-corrected chi connectivity index (χ2v) is 26.7. The molecular formula is C71H138N2O6P+. The van der Waals surface area contributed by atoms with Crippen molar-refractivity contribution in [1.29, 1.82) is 0 Å². The number of likely N-dealkylation sites (N-methyl/N-ethyl adjacent to an activating group) is 1. The molecule has 0 aliphatic heterocycles. The maximum atomic E-state index is 13.0. The van der Waals surface area contributed by atoms with Crippen LogP contribution in [-0.2, 0) is 18.4 Å². The van der Waals surface area contributed by atoms with Crippen molar-refractivity contribution in [2.75, 3.05) is 40.9 Å². The van der Waals surface area contributed by atoms with Gasteiger partial charge in [0.25, 0.3) is 0 Å². The number of nitrogens with zero attached hydrogens (tertiary/aromatic N) is 1. The molecule has 1 amide bonds. The summed E-state index contributed by atoms with van der Waals surface area (Å²) < 4.78 is 23.8. The minimum Gasteiger partial charge on any atom is -0.387 e.